The summed E-state index contributed by atoms with van der Waals surface area (Å²) in [5, 5.41) is 0. The van der Waals surface area contributed by atoms with Crippen molar-refractivity contribution in [3.63, 3.8) is 0 Å². The Kier molecular flexibility index (Phi) is 3.28. The molecule has 0 unspecified atom stereocenters. The first-order chi connectivity index (χ1) is 6.95. The minimum Gasteiger partial charge on any atom is -0.452 e. The van der Waals surface area contributed by atoms with E-state index in [-0.39, 0.29) is 12.2 Å². The molecule has 0 atom stereocenters. The predicted molar refractivity (Wildman–Crippen MR) is 41.9 cm³/mol. The molecule has 0 saturated carbocycles. The Hall–Kier alpha value is -1.59. The topological polar surface area (TPSA) is 26.3 Å². The van der Waals surface area contributed by atoms with Crippen LogP contribution in [-0.4, -0.2) is 6.47 Å². The highest BCUT2D eigenvalue weighted by atomic mass is 19.4. The maximum Gasteiger partial charge on any atom is 0.419 e. The van der Waals surface area contributed by atoms with Gasteiger partial charge in [0, 0.05) is 0 Å². The molecule has 0 amide bonds. The van der Waals surface area contributed by atoms with Crippen molar-refractivity contribution in [3.8, 4) is 0 Å². The quantitative estimate of drug-likeness (QED) is 0.732. The molecule has 0 bridgehead atoms. The normalized spacial score (nSPS) is 11.2. The summed E-state index contributed by atoms with van der Waals surface area (Å²) in [5.41, 5.74) is -1.22. The van der Waals surface area contributed by atoms with Gasteiger partial charge in [-0.25, -0.2) is 9.18 Å². The first-order valence-corrected chi connectivity index (χ1v) is 3.79. The molecule has 0 spiro atoms. The van der Waals surface area contributed by atoms with Crippen LogP contribution in [0.3, 0.4) is 0 Å². The average Bonchev–Trinajstić information content (AvgIpc) is 2.12. The van der Waals surface area contributed by atoms with Crippen molar-refractivity contribution in [2.24, 2.45) is 0 Å². The molecular formula is C9H5F4O2. The summed E-state index contributed by atoms with van der Waals surface area (Å²) in [7, 11) is 0. The fourth-order valence-corrected chi connectivity index (χ4v) is 0.991. The van der Waals surface area contributed by atoms with E-state index in [0.717, 1.165) is 12.5 Å². The number of carbonyl (C=O) groups excluding carboxylic acids is 1. The van der Waals surface area contributed by atoms with Gasteiger partial charge in [0.1, 0.15) is 12.4 Å². The SMILES string of the molecule is O=[C]OCc1ccc(C(F)(F)F)c(F)c1. The Morgan fingerprint density at radius 3 is 2.47 bits per heavy atom. The van der Waals surface area contributed by atoms with E-state index >= 15 is 0 Å². The van der Waals surface area contributed by atoms with Crippen LogP contribution in [0.2, 0.25) is 0 Å². The highest BCUT2D eigenvalue weighted by Gasteiger charge is 2.33. The second-order valence-corrected chi connectivity index (χ2v) is 2.68. The molecular weight excluding hydrogens is 216 g/mol. The molecule has 1 radical (unpaired) electrons. The lowest BCUT2D eigenvalue weighted by Crippen LogP contribution is -2.08. The molecule has 0 aliphatic heterocycles. The van der Waals surface area contributed by atoms with Gasteiger partial charge in [0.05, 0.1) is 5.56 Å². The summed E-state index contributed by atoms with van der Waals surface area (Å²) in [6.45, 7) is 0.779. The van der Waals surface area contributed by atoms with Crippen molar-refractivity contribution in [1.82, 2.24) is 0 Å². The third kappa shape index (κ3) is 2.93. The van der Waals surface area contributed by atoms with Crippen LogP contribution in [0.5, 0.6) is 0 Å². The summed E-state index contributed by atoms with van der Waals surface area (Å²) in [4.78, 5) is 9.67. The zero-order valence-corrected chi connectivity index (χ0v) is 7.27. The molecule has 0 aromatic heterocycles. The lowest BCUT2D eigenvalue weighted by Gasteiger charge is -2.08. The number of ether oxygens (including phenoxy) is 1. The van der Waals surface area contributed by atoms with E-state index in [1.165, 1.54) is 0 Å². The number of rotatable bonds is 3. The minimum absolute atomic E-state index is 0.129. The molecule has 1 rings (SSSR count). The number of benzene rings is 1. The van der Waals surface area contributed by atoms with Crippen LogP contribution in [0.1, 0.15) is 11.1 Å². The Balaban J connectivity index is 2.93. The van der Waals surface area contributed by atoms with Gasteiger partial charge in [0.15, 0.2) is 0 Å². The highest BCUT2D eigenvalue weighted by molar-refractivity contribution is 5.38. The highest BCUT2D eigenvalue weighted by Crippen LogP contribution is 2.31. The van der Waals surface area contributed by atoms with Gasteiger partial charge in [-0.15, -0.1) is 0 Å². The molecule has 81 valence electrons. The zero-order valence-electron chi connectivity index (χ0n) is 7.27. The van der Waals surface area contributed by atoms with Crippen LogP contribution in [0, 0.1) is 5.82 Å². The molecule has 0 fully saturated rings. The Morgan fingerprint density at radius 1 is 1.33 bits per heavy atom. The van der Waals surface area contributed by atoms with Crippen molar-refractivity contribution in [2.45, 2.75) is 12.8 Å². The number of halogens is 4. The fraction of sp³-hybridized carbons (Fsp3) is 0.222. The first kappa shape index (κ1) is 11.5. The van der Waals surface area contributed by atoms with E-state index in [0.29, 0.717) is 12.1 Å². The minimum atomic E-state index is -4.72. The van der Waals surface area contributed by atoms with Crippen LogP contribution in [0.25, 0.3) is 0 Å². The summed E-state index contributed by atoms with van der Waals surface area (Å²) in [6, 6.07) is 2.29. The van der Waals surface area contributed by atoms with E-state index in [1.807, 2.05) is 0 Å². The fourth-order valence-electron chi connectivity index (χ4n) is 0.991. The Morgan fingerprint density at radius 2 is 2.00 bits per heavy atom. The third-order valence-corrected chi connectivity index (χ3v) is 1.64. The molecule has 0 N–H and O–H groups in total. The molecule has 6 heteroatoms. The average molecular weight is 221 g/mol. The number of hydrogen-bond acceptors (Lipinski definition) is 2. The van der Waals surface area contributed by atoms with Gasteiger partial charge in [0.25, 0.3) is 0 Å². The van der Waals surface area contributed by atoms with Gasteiger partial charge in [-0.3, -0.25) is 0 Å². The van der Waals surface area contributed by atoms with Gasteiger partial charge in [0.2, 0.25) is 0 Å². The van der Waals surface area contributed by atoms with Gasteiger partial charge in [-0.1, -0.05) is 6.07 Å². The zero-order chi connectivity index (χ0) is 11.5. The molecule has 0 heterocycles. The first-order valence-electron chi connectivity index (χ1n) is 3.79. The summed E-state index contributed by atoms with van der Waals surface area (Å²) >= 11 is 0. The summed E-state index contributed by atoms with van der Waals surface area (Å²) in [5.74, 6) is -1.39. The molecule has 0 aliphatic rings. The van der Waals surface area contributed by atoms with Crippen LogP contribution in [-0.2, 0) is 22.3 Å². The second-order valence-electron chi connectivity index (χ2n) is 2.68. The van der Waals surface area contributed by atoms with E-state index in [1.54, 1.807) is 0 Å². The lowest BCUT2D eigenvalue weighted by molar-refractivity contribution is -0.140. The van der Waals surface area contributed by atoms with Crippen LogP contribution >= 0.6 is 0 Å². The maximum absolute atomic E-state index is 12.9. The van der Waals surface area contributed by atoms with Crippen LogP contribution in [0.4, 0.5) is 17.6 Å². The lowest BCUT2D eigenvalue weighted by atomic mass is 10.1. The second kappa shape index (κ2) is 4.29. The molecule has 15 heavy (non-hydrogen) atoms. The molecule has 2 nitrogen and oxygen atoms in total. The molecule has 0 saturated heterocycles. The Labute approximate surface area is 82.5 Å². The smallest absolute Gasteiger partial charge is 0.419 e. The van der Waals surface area contributed by atoms with Gasteiger partial charge in [-0.05, 0) is 17.7 Å². The standard InChI is InChI=1S/C9H5F4O2/c10-8-3-6(4-15-5-14)1-2-7(8)9(11,12)13/h1-3H,4H2. The van der Waals surface area contributed by atoms with Crippen LogP contribution in [0.15, 0.2) is 18.2 Å². The van der Waals surface area contributed by atoms with Gasteiger partial charge >= 0.3 is 12.6 Å². The van der Waals surface area contributed by atoms with Crippen molar-refractivity contribution < 1.29 is 27.1 Å². The van der Waals surface area contributed by atoms with Crippen molar-refractivity contribution in [3.05, 3.63) is 35.1 Å². The van der Waals surface area contributed by atoms with Gasteiger partial charge in [-0.2, -0.15) is 13.2 Å². The van der Waals surface area contributed by atoms with Crippen LogP contribution < -0.4 is 0 Å². The largest absolute Gasteiger partial charge is 0.452 e. The van der Waals surface area contributed by atoms with Crippen molar-refractivity contribution in [2.75, 3.05) is 0 Å². The van der Waals surface area contributed by atoms with E-state index < -0.39 is 17.6 Å². The predicted octanol–water partition coefficient (Wildman–Crippen LogP) is 2.43. The van der Waals surface area contributed by atoms with E-state index in [9.17, 15) is 22.4 Å². The monoisotopic (exact) mass is 221 g/mol. The number of alkyl halides is 3. The summed E-state index contributed by atoms with van der Waals surface area (Å²) in [6.07, 6.45) is -4.72. The number of hydrogen-bond donors (Lipinski definition) is 0. The van der Waals surface area contributed by atoms with E-state index in [2.05, 4.69) is 4.74 Å². The summed E-state index contributed by atoms with van der Waals surface area (Å²) < 4.78 is 53.3. The molecule has 1 aromatic carbocycles. The molecule has 0 aliphatic carbocycles. The van der Waals surface area contributed by atoms with E-state index in [4.69, 9.17) is 0 Å². The van der Waals surface area contributed by atoms with Gasteiger partial charge < -0.3 is 4.74 Å². The molecule has 1 aromatic rings. The van der Waals surface area contributed by atoms with Crippen molar-refractivity contribution in [1.29, 1.82) is 0 Å². The third-order valence-electron chi connectivity index (χ3n) is 1.64. The maximum atomic E-state index is 12.9. The Bertz CT molecular complexity index is 360. The van der Waals surface area contributed by atoms with Crippen molar-refractivity contribution >= 4 is 6.47 Å².